The molecule has 0 atom stereocenters. The number of nitrogens with zero attached hydrogens (tertiary/aromatic N) is 9. The third-order valence-corrected chi connectivity index (χ3v) is 17.6. The van der Waals surface area contributed by atoms with E-state index in [0.717, 1.165) is 26.0 Å². The van der Waals surface area contributed by atoms with E-state index in [9.17, 15) is 91.6 Å². The van der Waals surface area contributed by atoms with Crippen molar-refractivity contribution in [3.63, 3.8) is 0 Å². The Morgan fingerprint density at radius 3 is 0.878 bits per heavy atom. The van der Waals surface area contributed by atoms with Gasteiger partial charge in [-0.1, -0.05) is 24.3 Å². The molecule has 0 radical (unpaired) electrons. The first-order chi connectivity index (χ1) is 36.8. The summed E-state index contributed by atoms with van der Waals surface area (Å²) in [6.45, 7) is 0. The van der Waals surface area contributed by atoms with Crippen LogP contribution in [0.1, 0.15) is 72.7 Å². The maximum atomic E-state index is 17.1. The maximum Gasteiger partial charge on any atom is 1.00 e. The van der Waals surface area contributed by atoms with E-state index in [1.54, 1.807) is 97.1 Å². The predicted molar refractivity (Wildman–Crippen MR) is 251 cm³/mol. The van der Waals surface area contributed by atoms with E-state index in [1.807, 2.05) is 0 Å². The van der Waals surface area contributed by atoms with Crippen molar-refractivity contribution in [3.05, 3.63) is 164 Å². The van der Waals surface area contributed by atoms with Crippen LogP contribution in [-0.4, -0.2) is 85.6 Å². The molecule has 17 nitrogen and oxygen atoms in total. The molecule has 0 unspecified atom stereocenters. The van der Waals surface area contributed by atoms with Crippen molar-refractivity contribution < 1.29 is 129 Å². The molecule has 4 aliphatic carbocycles. The van der Waals surface area contributed by atoms with Crippen molar-refractivity contribution >= 4 is 51.1 Å². The van der Waals surface area contributed by atoms with Crippen LogP contribution in [-0.2, 0) is 85.6 Å². The molecule has 0 spiro atoms. The van der Waals surface area contributed by atoms with Crippen LogP contribution in [0.4, 0.5) is 61.5 Å². The van der Waals surface area contributed by atoms with E-state index in [4.69, 9.17) is 0 Å². The van der Waals surface area contributed by atoms with Crippen molar-refractivity contribution in [1.82, 2.24) is 29.9 Å². The van der Waals surface area contributed by atoms with Gasteiger partial charge in [-0.05, 0) is 129 Å². The van der Waals surface area contributed by atoms with Gasteiger partial charge < -0.3 is 8.25 Å². The fraction of sp³-hybridized carbons (Fsp3) is 0.356. The Morgan fingerprint density at radius 2 is 0.671 bits per heavy atom. The molecule has 4 fully saturated rings. The van der Waals surface area contributed by atoms with Crippen LogP contribution in [0.3, 0.4) is 0 Å². The number of sulfonamides is 4. The first-order valence-electron chi connectivity index (χ1n) is 22.3. The van der Waals surface area contributed by atoms with Gasteiger partial charge in [0.2, 0.25) is 11.3 Å². The van der Waals surface area contributed by atoms with E-state index in [-0.39, 0.29) is 79.4 Å². The third kappa shape index (κ3) is 15.2. The Hall–Kier alpha value is -5.57. The molecule has 0 saturated heterocycles. The topological polar surface area (TPSA) is 266 Å². The average molecular weight is 1350 g/mol. The Bertz CT molecular complexity index is 3270. The Balaban J connectivity index is 0.000000271. The van der Waals surface area contributed by atoms with E-state index >= 15 is 8.78 Å². The summed E-state index contributed by atoms with van der Waals surface area (Å²) in [5.41, 5.74) is -28.4. The monoisotopic (exact) mass is 1350 g/mol. The molecule has 6 heterocycles. The largest absolute Gasteiger partial charge is 1.00 e. The molecular weight excluding hydrogens is 1320 g/mol. The van der Waals surface area contributed by atoms with Crippen molar-refractivity contribution in [2.75, 3.05) is 0 Å². The first kappa shape index (κ1) is 68.9. The van der Waals surface area contributed by atoms with Crippen LogP contribution < -0.4 is 0 Å². The van der Waals surface area contributed by atoms with Gasteiger partial charge in [0.1, 0.15) is 0 Å². The van der Waals surface area contributed by atoms with Crippen LogP contribution in [0, 0.1) is 34.5 Å². The normalized spacial score (nSPS) is 19.3. The van der Waals surface area contributed by atoms with E-state index in [0.29, 0.717) is 5.39 Å². The second-order valence-corrected chi connectivity index (χ2v) is 24.6. The number of hydrogen-bond acceptors (Lipinski definition) is 15. The quantitative estimate of drug-likeness (QED) is 0.0911. The zero-order valence-electron chi connectivity index (χ0n) is 40.3. The summed E-state index contributed by atoms with van der Waals surface area (Å²) in [5, 5.41) is 9.80. The molecule has 4 aliphatic rings. The second kappa shape index (κ2) is 25.3. The number of nitriles is 1. The molecule has 0 amide bonds. The van der Waals surface area contributed by atoms with Crippen LogP contribution >= 0.6 is 0 Å². The van der Waals surface area contributed by atoms with Crippen molar-refractivity contribution in [1.29, 1.82) is 5.26 Å². The fourth-order valence-electron chi connectivity index (χ4n) is 9.11. The summed E-state index contributed by atoms with van der Waals surface area (Å²) in [7, 11) is -26.9. The molecule has 0 aromatic carbocycles. The average Bonchev–Trinajstić information content (AvgIpc) is 3.03. The van der Waals surface area contributed by atoms with E-state index in [1.165, 1.54) is 63.3 Å². The summed E-state index contributed by atoms with van der Waals surface area (Å²) >= 11 is 0. The Morgan fingerprint density at radius 1 is 0.415 bits per heavy atom. The fourth-order valence-corrected chi connectivity index (χ4v) is 12.5. The van der Waals surface area contributed by atoms with Crippen LogP contribution in [0.25, 0.3) is 19.3 Å². The molecule has 4 saturated carbocycles. The van der Waals surface area contributed by atoms with Crippen LogP contribution in [0.5, 0.6) is 0 Å². The number of pyridine rings is 6. The number of halogens is 14. The minimum atomic E-state index is -6.72. The zero-order valence-corrected chi connectivity index (χ0v) is 45.5. The number of alkyl halides is 14. The molecule has 0 aliphatic heterocycles. The van der Waals surface area contributed by atoms with Crippen molar-refractivity contribution in [3.8, 4) is 6.07 Å². The van der Waals surface area contributed by atoms with Crippen LogP contribution in [0.15, 0.2) is 122 Å². The van der Waals surface area contributed by atoms with Gasteiger partial charge in [0.05, 0.1) is 45.6 Å². The summed E-state index contributed by atoms with van der Waals surface area (Å²) in [5.74, 6) is 2.78. The van der Waals surface area contributed by atoms with E-state index < -0.39 is 73.5 Å². The van der Waals surface area contributed by atoms with Gasteiger partial charge in [-0.25, -0.2) is 52.4 Å². The smallest absolute Gasteiger partial charge is 0.421 e. The molecule has 37 heteroatoms. The standard InChI is InChI=1S/C30H20F2N6.C11H15N.2C2F6NO4S2.2Cu/c31-29(22-9-1-5-17-33-22,23-10-2-6-18-34-23)26-15-13-21-14-16-27(38-28(21)37-26)30(32,24-11-3-7-19-35-24)25-12-4-8-20-36-25;12-7-11-4-8-1-9(5-11)3-10(2-8)6-11;2*3-1(4,5)14(10,11)9-15(12,13)2(6,7)8;;/h1-20H;8-10H,1-6H2;;;;/q;;2*-1;2*+1. The van der Waals surface area contributed by atoms with Gasteiger partial charge in [0, 0.05) is 30.2 Å². The maximum absolute atomic E-state index is 17.1. The predicted octanol–water partition coefficient (Wildman–Crippen LogP) is 10.6. The molecule has 6 aromatic heterocycles. The van der Waals surface area contributed by atoms with Gasteiger partial charge in [0.25, 0.3) is 0 Å². The van der Waals surface area contributed by atoms with Crippen molar-refractivity contribution in [2.24, 2.45) is 23.2 Å². The zero-order chi connectivity index (χ0) is 59.6. The summed E-state index contributed by atoms with van der Waals surface area (Å²) in [6.07, 6.45) is 14.1. The van der Waals surface area contributed by atoms with Gasteiger partial charge in [-0.2, -0.15) is 57.9 Å². The van der Waals surface area contributed by atoms with Crippen LogP contribution in [0.2, 0.25) is 0 Å². The van der Waals surface area contributed by atoms with Gasteiger partial charge in [0.15, 0.2) is 45.7 Å². The van der Waals surface area contributed by atoms with Crippen molar-refractivity contribution in [2.45, 2.75) is 71.9 Å². The Kier molecular flexibility index (Phi) is 21.3. The molecule has 6 aromatic rings. The van der Waals surface area contributed by atoms with Gasteiger partial charge in [-0.15, -0.1) is 0 Å². The molecular formula is C45H35Cu2F14N9O8S4. The Labute approximate surface area is 478 Å². The molecule has 82 heavy (non-hydrogen) atoms. The number of aromatic nitrogens is 6. The number of hydrogen-bond donors (Lipinski definition) is 0. The summed E-state index contributed by atoms with van der Waals surface area (Å²) < 4.78 is 253. The minimum absolute atomic E-state index is 0. The summed E-state index contributed by atoms with van der Waals surface area (Å²) in [6, 6.07) is 29.1. The molecule has 10 rings (SSSR count). The second-order valence-electron chi connectivity index (χ2n) is 17.8. The first-order valence-corrected chi connectivity index (χ1v) is 28.0. The molecule has 452 valence electrons. The SMILES string of the molecule is FC(c1ccccn1)(c1ccccn1)c1ccc2ccc(C(F)(c3ccccn3)c3ccccn3)nc2n1.N#CC12CC3CC(CC(C3)C1)C2.O=S(=O)([N-]S(=O)(=O)C(F)(F)F)C(F)(F)F.O=S(=O)([N-]S(=O)(=O)C(F)(F)F)C(F)(F)F.[Cu+].[Cu+]. The number of fused-ring (bicyclic) bond motifs is 1. The van der Waals surface area contributed by atoms with E-state index in [2.05, 4.69) is 36.0 Å². The molecule has 4 bridgehead atoms. The third-order valence-electron chi connectivity index (χ3n) is 12.2. The van der Waals surface area contributed by atoms with Gasteiger partial charge in [-0.3, -0.25) is 19.9 Å². The minimum Gasteiger partial charge on any atom is -0.421 e. The van der Waals surface area contributed by atoms with Gasteiger partial charge >= 0.3 is 56.2 Å². The molecule has 0 N–H and O–H groups in total. The number of rotatable bonds is 10. The summed E-state index contributed by atoms with van der Waals surface area (Å²) in [4.78, 5) is 26.2.